The van der Waals surface area contributed by atoms with E-state index in [2.05, 4.69) is 15.5 Å². The second-order valence-electron chi connectivity index (χ2n) is 6.34. The van der Waals surface area contributed by atoms with E-state index in [9.17, 15) is 4.79 Å². The zero-order valence-electron chi connectivity index (χ0n) is 14.1. The monoisotopic (exact) mass is 318 g/mol. The van der Waals surface area contributed by atoms with Gasteiger partial charge in [-0.25, -0.2) is 4.79 Å². The Bertz CT molecular complexity index is 674. The Morgan fingerprint density at radius 1 is 1.30 bits per heavy atom. The molecule has 0 saturated heterocycles. The molecule has 0 bridgehead atoms. The first-order valence-electron chi connectivity index (χ1n) is 7.32. The van der Waals surface area contributed by atoms with Crippen molar-refractivity contribution in [1.82, 2.24) is 10.1 Å². The van der Waals surface area contributed by atoms with E-state index in [1.807, 2.05) is 59.1 Å². The fraction of sp³-hybridized carbons (Fsp3) is 0.438. The number of aromatic nitrogens is 2. The summed E-state index contributed by atoms with van der Waals surface area (Å²) >= 11 is 0. The summed E-state index contributed by atoms with van der Waals surface area (Å²) in [6, 6.07) is 7.43. The number of hydrogen-bond acceptors (Lipinski definition) is 6. The molecule has 0 unspecified atom stereocenters. The van der Waals surface area contributed by atoms with Crippen molar-refractivity contribution in [1.29, 1.82) is 0 Å². The molecule has 1 heterocycles. The normalized spacial score (nSPS) is 11.2. The van der Waals surface area contributed by atoms with Crippen LogP contribution in [0.1, 0.15) is 32.2 Å². The van der Waals surface area contributed by atoms with Crippen LogP contribution in [-0.4, -0.2) is 35.9 Å². The van der Waals surface area contributed by atoms with E-state index < -0.39 is 11.7 Å². The van der Waals surface area contributed by atoms with Crippen molar-refractivity contribution in [3.63, 3.8) is 0 Å². The van der Waals surface area contributed by atoms with Crippen molar-refractivity contribution in [3.05, 3.63) is 35.7 Å². The quantitative estimate of drug-likeness (QED) is 0.933. The number of ether oxygens (including phenoxy) is 1. The first-order chi connectivity index (χ1) is 10.7. The van der Waals surface area contributed by atoms with Gasteiger partial charge in [-0.15, -0.1) is 0 Å². The summed E-state index contributed by atoms with van der Waals surface area (Å²) in [6.07, 6.45) is -0.0724. The summed E-state index contributed by atoms with van der Waals surface area (Å²) in [7, 11) is 3.68. The van der Waals surface area contributed by atoms with Crippen LogP contribution in [0, 0.1) is 0 Å². The van der Waals surface area contributed by atoms with Crippen LogP contribution >= 0.6 is 0 Å². The highest BCUT2D eigenvalue weighted by Gasteiger charge is 2.18. The van der Waals surface area contributed by atoms with E-state index in [-0.39, 0.29) is 0 Å². The van der Waals surface area contributed by atoms with Gasteiger partial charge in [-0.3, -0.25) is 5.32 Å². The van der Waals surface area contributed by atoms with E-state index in [0.29, 0.717) is 23.9 Å². The lowest BCUT2D eigenvalue weighted by molar-refractivity contribution is 0.0635. The van der Waals surface area contributed by atoms with Crippen molar-refractivity contribution < 1.29 is 14.1 Å². The molecular weight excluding hydrogens is 296 g/mol. The number of benzene rings is 1. The van der Waals surface area contributed by atoms with Crippen molar-refractivity contribution >= 4 is 17.7 Å². The molecule has 1 aromatic carbocycles. The zero-order valence-corrected chi connectivity index (χ0v) is 14.1. The van der Waals surface area contributed by atoms with Crippen LogP contribution in [-0.2, 0) is 11.2 Å². The van der Waals surface area contributed by atoms with Crippen LogP contribution in [0.15, 0.2) is 28.8 Å². The largest absolute Gasteiger partial charge is 0.444 e. The fourth-order valence-electron chi connectivity index (χ4n) is 1.87. The number of rotatable bonds is 4. The van der Waals surface area contributed by atoms with E-state index >= 15 is 0 Å². The van der Waals surface area contributed by atoms with Crippen LogP contribution in [0.3, 0.4) is 0 Å². The van der Waals surface area contributed by atoms with E-state index in [4.69, 9.17) is 9.26 Å². The number of nitrogens with one attached hydrogen (secondary N) is 1. The summed E-state index contributed by atoms with van der Waals surface area (Å²) < 4.78 is 10.5. The average Bonchev–Trinajstić information content (AvgIpc) is 2.87. The van der Waals surface area contributed by atoms with Gasteiger partial charge in [0.2, 0.25) is 5.89 Å². The van der Waals surface area contributed by atoms with E-state index in [1.165, 1.54) is 0 Å². The number of carbonyl (C=O) groups excluding carboxylic acids is 1. The first kappa shape index (κ1) is 16.8. The van der Waals surface area contributed by atoms with Gasteiger partial charge in [0, 0.05) is 19.8 Å². The fourth-order valence-corrected chi connectivity index (χ4v) is 1.87. The van der Waals surface area contributed by atoms with Gasteiger partial charge in [-0.2, -0.15) is 4.98 Å². The van der Waals surface area contributed by atoms with Crippen LogP contribution in [0.5, 0.6) is 0 Å². The maximum Gasteiger partial charge on any atom is 0.412 e. The van der Waals surface area contributed by atoms with Crippen molar-refractivity contribution in [2.24, 2.45) is 0 Å². The Labute approximate surface area is 135 Å². The molecule has 0 spiro atoms. The maximum atomic E-state index is 11.9. The lowest BCUT2D eigenvalue weighted by Crippen LogP contribution is -2.27. The summed E-state index contributed by atoms with van der Waals surface area (Å²) in [6.45, 7) is 5.46. The molecule has 0 fully saturated rings. The second-order valence-corrected chi connectivity index (χ2v) is 6.34. The Hall–Kier alpha value is -2.57. The molecule has 0 atom stereocenters. The highest BCUT2D eigenvalue weighted by Crippen LogP contribution is 2.20. The molecule has 1 aromatic heterocycles. The van der Waals surface area contributed by atoms with Gasteiger partial charge in [-0.1, -0.05) is 18.2 Å². The van der Waals surface area contributed by atoms with Crippen molar-refractivity contribution in [3.8, 4) is 0 Å². The number of carbonyl (C=O) groups is 1. The predicted molar refractivity (Wildman–Crippen MR) is 87.7 cm³/mol. The molecule has 1 N–H and O–H groups in total. The Morgan fingerprint density at radius 2 is 2.00 bits per heavy atom. The third kappa shape index (κ3) is 4.98. The molecular formula is C16H22N4O3. The van der Waals surface area contributed by atoms with E-state index in [1.54, 1.807) is 4.90 Å². The van der Waals surface area contributed by atoms with Gasteiger partial charge >= 0.3 is 6.09 Å². The molecule has 2 rings (SSSR count). The van der Waals surface area contributed by atoms with Gasteiger partial charge in [0.05, 0.1) is 6.42 Å². The molecule has 7 nitrogen and oxygen atoms in total. The van der Waals surface area contributed by atoms with Gasteiger partial charge in [0.15, 0.2) is 0 Å². The SMILES string of the molecule is CN(C)c1noc(Cc2ccccc2NC(=O)OC(C)(C)C)n1. The summed E-state index contributed by atoms with van der Waals surface area (Å²) in [4.78, 5) is 18.0. The minimum atomic E-state index is -0.549. The standard InChI is InChI=1S/C16H22N4O3/c1-16(2,3)22-15(21)17-12-9-7-6-8-11(12)10-13-18-14(19-23-13)20(4)5/h6-9H,10H2,1-5H3,(H,17,21). The summed E-state index contributed by atoms with van der Waals surface area (Å²) in [5, 5.41) is 6.63. The third-order valence-electron chi connectivity index (χ3n) is 2.85. The highest BCUT2D eigenvalue weighted by molar-refractivity contribution is 5.86. The maximum absolute atomic E-state index is 11.9. The van der Waals surface area contributed by atoms with Crippen molar-refractivity contribution in [2.45, 2.75) is 32.8 Å². The molecule has 23 heavy (non-hydrogen) atoms. The number of para-hydroxylation sites is 1. The molecule has 7 heteroatoms. The summed E-state index contributed by atoms with van der Waals surface area (Å²) in [5.41, 5.74) is 0.977. The molecule has 0 aliphatic heterocycles. The topological polar surface area (TPSA) is 80.5 Å². The van der Waals surface area contributed by atoms with Gasteiger partial charge < -0.3 is 14.2 Å². The van der Waals surface area contributed by atoms with Crippen LogP contribution in [0.25, 0.3) is 0 Å². The molecule has 0 saturated carbocycles. The summed E-state index contributed by atoms with van der Waals surface area (Å²) in [5.74, 6) is 0.990. The second kappa shape index (κ2) is 6.68. The zero-order chi connectivity index (χ0) is 17.0. The molecule has 0 aliphatic carbocycles. The minimum absolute atomic E-state index is 0.423. The minimum Gasteiger partial charge on any atom is -0.444 e. The van der Waals surface area contributed by atoms with E-state index in [0.717, 1.165) is 5.56 Å². The molecule has 1 amide bonds. The molecule has 0 aliphatic rings. The number of amides is 1. The average molecular weight is 318 g/mol. The van der Waals surface area contributed by atoms with Gasteiger partial charge in [0.25, 0.3) is 5.95 Å². The molecule has 124 valence electrons. The third-order valence-corrected chi connectivity index (χ3v) is 2.85. The van der Waals surface area contributed by atoms with Gasteiger partial charge in [-0.05, 0) is 37.6 Å². The number of nitrogens with zero attached hydrogens (tertiary/aromatic N) is 3. The Morgan fingerprint density at radius 3 is 2.61 bits per heavy atom. The number of anilines is 2. The Balaban J connectivity index is 2.12. The van der Waals surface area contributed by atoms with Crippen LogP contribution in [0.4, 0.5) is 16.4 Å². The highest BCUT2D eigenvalue weighted by atomic mass is 16.6. The lowest BCUT2D eigenvalue weighted by Gasteiger charge is -2.20. The van der Waals surface area contributed by atoms with Gasteiger partial charge in [0.1, 0.15) is 5.60 Å². The van der Waals surface area contributed by atoms with Crippen LogP contribution in [0.2, 0.25) is 0 Å². The lowest BCUT2D eigenvalue weighted by atomic mass is 10.1. The smallest absolute Gasteiger partial charge is 0.412 e. The molecule has 0 radical (unpaired) electrons. The van der Waals surface area contributed by atoms with Crippen LogP contribution < -0.4 is 10.2 Å². The Kier molecular flexibility index (Phi) is 4.88. The predicted octanol–water partition coefficient (Wildman–Crippen LogP) is 3.07. The molecule has 2 aromatic rings. The number of hydrogen-bond donors (Lipinski definition) is 1. The van der Waals surface area contributed by atoms with Crippen molar-refractivity contribution in [2.75, 3.05) is 24.3 Å². The first-order valence-corrected chi connectivity index (χ1v) is 7.32.